The Balaban J connectivity index is 2.89. The molecule has 0 spiro atoms. The molecule has 0 atom stereocenters. The van der Waals surface area contributed by atoms with Crippen LogP contribution in [0.15, 0.2) is 12.1 Å². The van der Waals surface area contributed by atoms with Gasteiger partial charge in [0.2, 0.25) is 0 Å². The monoisotopic (exact) mass is 262 g/mol. The standard InChI is InChI=1S/C12H17ClF2N2/c1-16(2)4-5-17(3)12-10(14)6-9(8-13)7-11(12)15/h6-7H,4-5,8H2,1-3H3. The van der Waals surface area contributed by atoms with E-state index < -0.39 is 11.6 Å². The molecule has 0 radical (unpaired) electrons. The molecule has 0 unspecified atom stereocenters. The van der Waals surface area contributed by atoms with E-state index in [0.29, 0.717) is 12.1 Å². The number of hydrogen-bond donors (Lipinski definition) is 0. The van der Waals surface area contributed by atoms with E-state index in [9.17, 15) is 8.78 Å². The van der Waals surface area contributed by atoms with Gasteiger partial charge in [0, 0.05) is 26.0 Å². The van der Waals surface area contributed by atoms with E-state index in [1.165, 1.54) is 12.1 Å². The molecule has 2 nitrogen and oxygen atoms in total. The van der Waals surface area contributed by atoms with Gasteiger partial charge in [-0.05, 0) is 31.8 Å². The SMILES string of the molecule is CN(C)CCN(C)c1c(F)cc(CCl)cc1F. The highest BCUT2D eigenvalue weighted by Gasteiger charge is 2.15. The number of likely N-dealkylation sites (N-methyl/N-ethyl adjacent to an activating group) is 2. The Hall–Kier alpha value is -0.870. The minimum Gasteiger partial charge on any atom is -0.369 e. The van der Waals surface area contributed by atoms with Crippen molar-refractivity contribution in [3.8, 4) is 0 Å². The average molecular weight is 263 g/mol. The summed E-state index contributed by atoms with van der Waals surface area (Å²) in [7, 11) is 5.50. The number of halogens is 3. The van der Waals surface area contributed by atoms with Gasteiger partial charge in [-0.2, -0.15) is 0 Å². The smallest absolute Gasteiger partial charge is 0.149 e. The molecular weight excluding hydrogens is 246 g/mol. The maximum atomic E-state index is 13.7. The molecular formula is C12H17ClF2N2. The summed E-state index contributed by atoms with van der Waals surface area (Å²) < 4.78 is 27.4. The lowest BCUT2D eigenvalue weighted by molar-refractivity contribution is 0.414. The van der Waals surface area contributed by atoms with E-state index in [1.807, 2.05) is 19.0 Å². The van der Waals surface area contributed by atoms with Crippen molar-refractivity contribution in [1.29, 1.82) is 0 Å². The van der Waals surface area contributed by atoms with Gasteiger partial charge in [-0.1, -0.05) is 0 Å². The summed E-state index contributed by atoms with van der Waals surface area (Å²) in [4.78, 5) is 3.53. The number of benzene rings is 1. The van der Waals surface area contributed by atoms with Crippen molar-refractivity contribution in [2.75, 3.05) is 39.1 Å². The van der Waals surface area contributed by atoms with Crippen LogP contribution in [0.2, 0.25) is 0 Å². The van der Waals surface area contributed by atoms with Gasteiger partial charge in [0.15, 0.2) is 0 Å². The van der Waals surface area contributed by atoms with Crippen LogP contribution in [0.5, 0.6) is 0 Å². The molecule has 0 aromatic heterocycles. The van der Waals surface area contributed by atoms with Crippen LogP contribution in [-0.4, -0.2) is 39.1 Å². The third-order valence-electron chi connectivity index (χ3n) is 2.50. The molecule has 0 saturated carbocycles. The van der Waals surface area contributed by atoms with Crippen molar-refractivity contribution in [1.82, 2.24) is 4.90 Å². The maximum Gasteiger partial charge on any atom is 0.149 e. The number of nitrogens with zero attached hydrogens (tertiary/aromatic N) is 2. The fraction of sp³-hybridized carbons (Fsp3) is 0.500. The number of anilines is 1. The van der Waals surface area contributed by atoms with Gasteiger partial charge < -0.3 is 9.80 Å². The highest BCUT2D eigenvalue weighted by atomic mass is 35.5. The van der Waals surface area contributed by atoms with Crippen LogP contribution in [0.3, 0.4) is 0 Å². The van der Waals surface area contributed by atoms with E-state index in [-0.39, 0.29) is 11.6 Å². The third-order valence-corrected chi connectivity index (χ3v) is 2.80. The summed E-state index contributed by atoms with van der Waals surface area (Å²) in [5, 5.41) is 0. The molecule has 0 heterocycles. The third kappa shape index (κ3) is 3.82. The van der Waals surface area contributed by atoms with Gasteiger partial charge in [0.25, 0.3) is 0 Å². The lowest BCUT2D eigenvalue weighted by Crippen LogP contribution is -2.29. The summed E-state index contributed by atoms with van der Waals surface area (Å²) in [6.45, 7) is 1.29. The predicted octanol–water partition coefficient (Wildman–Crippen LogP) is 2.70. The van der Waals surface area contributed by atoms with Crippen LogP contribution in [0.4, 0.5) is 14.5 Å². The molecule has 1 rings (SSSR count). The molecule has 0 amide bonds. The first-order chi connectivity index (χ1) is 7.95. The molecule has 0 aliphatic carbocycles. The molecule has 96 valence electrons. The zero-order chi connectivity index (χ0) is 13.0. The Morgan fingerprint density at radius 3 is 2.00 bits per heavy atom. The van der Waals surface area contributed by atoms with E-state index in [2.05, 4.69) is 0 Å². The Kier molecular flexibility index (Phi) is 5.15. The van der Waals surface area contributed by atoms with E-state index in [0.717, 1.165) is 6.54 Å². The molecule has 0 aliphatic heterocycles. The van der Waals surface area contributed by atoms with Gasteiger partial charge in [-0.15, -0.1) is 11.6 Å². The van der Waals surface area contributed by atoms with E-state index >= 15 is 0 Å². The van der Waals surface area contributed by atoms with Crippen molar-refractivity contribution in [2.45, 2.75) is 5.88 Å². The average Bonchev–Trinajstić information content (AvgIpc) is 2.25. The quantitative estimate of drug-likeness (QED) is 0.753. The first kappa shape index (κ1) is 14.2. The lowest BCUT2D eigenvalue weighted by atomic mass is 10.2. The molecule has 1 aromatic rings. The largest absolute Gasteiger partial charge is 0.369 e. The van der Waals surface area contributed by atoms with E-state index in [4.69, 9.17) is 11.6 Å². The summed E-state index contributed by atoms with van der Waals surface area (Å²) in [5.74, 6) is -1.03. The molecule has 0 aliphatic rings. The summed E-state index contributed by atoms with van der Waals surface area (Å²) in [6.07, 6.45) is 0. The fourth-order valence-electron chi connectivity index (χ4n) is 1.52. The molecule has 0 bridgehead atoms. The summed E-state index contributed by atoms with van der Waals surface area (Å²) in [5.41, 5.74) is 0.451. The Morgan fingerprint density at radius 2 is 1.59 bits per heavy atom. The minimum absolute atomic E-state index is 0.000664. The second-order valence-electron chi connectivity index (χ2n) is 4.27. The van der Waals surface area contributed by atoms with Crippen molar-refractivity contribution in [3.63, 3.8) is 0 Å². The molecule has 0 saturated heterocycles. The summed E-state index contributed by atoms with van der Waals surface area (Å²) >= 11 is 5.55. The van der Waals surface area contributed by atoms with Crippen LogP contribution < -0.4 is 4.90 Å². The highest BCUT2D eigenvalue weighted by Crippen LogP contribution is 2.24. The molecule has 0 N–H and O–H groups in total. The van der Waals surface area contributed by atoms with Gasteiger partial charge in [-0.25, -0.2) is 8.78 Å². The zero-order valence-corrected chi connectivity index (χ0v) is 11.1. The van der Waals surface area contributed by atoms with Crippen molar-refractivity contribution in [2.24, 2.45) is 0 Å². The number of rotatable bonds is 5. The van der Waals surface area contributed by atoms with Crippen molar-refractivity contribution >= 4 is 17.3 Å². The van der Waals surface area contributed by atoms with Crippen LogP contribution in [0, 0.1) is 11.6 Å². The molecule has 1 aromatic carbocycles. The van der Waals surface area contributed by atoms with Crippen LogP contribution >= 0.6 is 11.6 Å². The summed E-state index contributed by atoms with van der Waals surface area (Å²) in [6, 6.07) is 2.55. The Bertz CT molecular complexity index is 360. The molecule has 5 heteroatoms. The van der Waals surface area contributed by atoms with Crippen molar-refractivity contribution < 1.29 is 8.78 Å². The van der Waals surface area contributed by atoms with Gasteiger partial charge in [0.1, 0.15) is 17.3 Å². The first-order valence-electron chi connectivity index (χ1n) is 5.35. The van der Waals surface area contributed by atoms with E-state index in [1.54, 1.807) is 11.9 Å². The molecule has 17 heavy (non-hydrogen) atoms. The maximum absolute atomic E-state index is 13.7. The topological polar surface area (TPSA) is 6.48 Å². The van der Waals surface area contributed by atoms with Gasteiger partial charge in [0.05, 0.1) is 0 Å². The lowest BCUT2D eigenvalue weighted by Gasteiger charge is -2.22. The van der Waals surface area contributed by atoms with Gasteiger partial charge >= 0.3 is 0 Å². The van der Waals surface area contributed by atoms with Gasteiger partial charge in [-0.3, -0.25) is 0 Å². The minimum atomic E-state index is -0.568. The number of alkyl halides is 1. The first-order valence-corrected chi connectivity index (χ1v) is 5.89. The predicted molar refractivity (Wildman–Crippen MR) is 67.7 cm³/mol. The highest BCUT2D eigenvalue weighted by molar-refractivity contribution is 6.17. The number of hydrogen-bond acceptors (Lipinski definition) is 2. The van der Waals surface area contributed by atoms with Crippen LogP contribution in [0.1, 0.15) is 5.56 Å². The molecule has 0 fully saturated rings. The van der Waals surface area contributed by atoms with Crippen molar-refractivity contribution in [3.05, 3.63) is 29.3 Å². The second kappa shape index (κ2) is 6.17. The fourth-order valence-corrected chi connectivity index (χ4v) is 1.68. The van der Waals surface area contributed by atoms with Crippen LogP contribution in [-0.2, 0) is 5.88 Å². The normalized spacial score (nSPS) is 11.0. The second-order valence-corrected chi connectivity index (χ2v) is 4.53. The van der Waals surface area contributed by atoms with Crippen LogP contribution in [0.25, 0.3) is 0 Å². The zero-order valence-electron chi connectivity index (χ0n) is 10.3. The Labute approximate surface area is 106 Å². The Morgan fingerprint density at radius 1 is 1.06 bits per heavy atom.